The fraction of sp³-hybridized carbons (Fsp3) is 0.500. The highest BCUT2D eigenvalue weighted by Crippen LogP contribution is 2.18. The summed E-state index contributed by atoms with van der Waals surface area (Å²) in [4.78, 5) is 32.9. The van der Waals surface area contributed by atoms with Gasteiger partial charge >= 0.3 is 5.97 Å². The van der Waals surface area contributed by atoms with Crippen LogP contribution in [0, 0.1) is 13.8 Å². The number of carboxylic acids is 1. The fourth-order valence-electron chi connectivity index (χ4n) is 1.42. The Labute approximate surface area is 125 Å². The maximum atomic E-state index is 11.5. The first kappa shape index (κ1) is 17.0. The summed E-state index contributed by atoms with van der Waals surface area (Å²) >= 11 is 1.38. The van der Waals surface area contributed by atoms with Crippen LogP contribution in [0.3, 0.4) is 0 Å². The van der Waals surface area contributed by atoms with E-state index in [4.69, 9.17) is 9.63 Å². The number of nitrogens with zero attached hydrogens (tertiary/aromatic N) is 1. The number of aryl methyl sites for hydroxylation is 2. The molecule has 2 amide bonds. The zero-order chi connectivity index (χ0) is 15.8. The minimum absolute atomic E-state index is 0.191. The number of thioether (sulfide) groups is 1. The van der Waals surface area contributed by atoms with Crippen LogP contribution in [-0.4, -0.2) is 46.9 Å². The standard InChI is InChI=1S/C12H17N3O5S/c1-7-9(8(2)20-15-7)5-21-6-11(17)13-3-10(16)14-4-12(18)19/h3-6H2,1-2H3,(H,13,17)(H,14,16)(H,18,19). The van der Waals surface area contributed by atoms with Crippen LogP contribution in [-0.2, 0) is 20.1 Å². The van der Waals surface area contributed by atoms with Crippen molar-refractivity contribution < 1.29 is 24.0 Å². The van der Waals surface area contributed by atoms with Gasteiger partial charge in [-0.15, -0.1) is 11.8 Å². The van der Waals surface area contributed by atoms with Gasteiger partial charge in [0, 0.05) is 11.3 Å². The van der Waals surface area contributed by atoms with Gasteiger partial charge in [-0.3, -0.25) is 14.4 Å². The van der Waals surface area contributed by atoms with Crippen LogP contribution in [0.15, 0.2) is 4.52 Å². The van der Waals surface area contributed by atoms with E-state index in [0.717, 1.165) is 17.0 Å². The van der Waals surface area contributed by atoms with E-state index >= 15 is 0 Å². The molecule has 8 nitrogen and oxygen atoms in total. The maximum Gasteiger partial charge on any atom is 0.322 e. The van der Waals surface area contributed by atoms with E-state index in [-0.39, 0.29) is 18.2 Å². The summed E-state index contributed by atoms with van der Waals surface area (Å²) in [5.41, 5.74) is 1.76. The highest BCUT2D eigenvalue weighted by molar-refractivity contribution is 7.99. The van der Waals surface area contributed by atoms with Gasteiger partial charge in [-0.1, -0.05) is 5.16 Å². The van der Waals surface area contributed by atoms with Gasteiger partial charge in [0.1, 0.15) is 12.3 Å². The second kappa shape index (κ2) is 8.30. The Morgan fingerprint density at radius 2 is 1.86 bits per heavy atom. The van der Waals surface area contributed by atoms with Crippen molar-refractivity contribution in [2.45, 2.75) is 19.6 Å². The quantitative estimate of drug-likeness (QED) is 0.609. The van der Waals surface area contributed by atoms with Crippen LogP contribution < -0.4 is 10.6 Å². The third-order valence-corrected chi connectivity index (χ3v) is 3.50. The van der Waals surface area contributed by atoms with Crippen molar-refractivity contribution in [1.29, 1.82) is 0 Å². The van der Waals surface area contributed by atoms with Crippen LogP contribution >= 0.6 is 11.8 Å². The first-order valence-electron chi connectivity index (χ1n) is 6.14. The van der Waals surface area contributed by atoms with Crippen molar-refractivity contribution in [2.24, 2.45) is 0 Å². The molecule has 0 aromatic carbocycles. The molecule has 0 saturated heterocycles. The van der Waals surface area contributed by atoms with Crippen molar-refractivity contribution in [3.05, 3.63) is 17.0 Å². The van der Waals surface area contributed by atoms with Crippen LogP contribution in [0.2, 0.25) is 0 Å². The van der Waals surface area contributed by atoms with Gasteiger partial charge in [0.2, 0.25) is 11.8 Å². The van der Waals surface area contributed by atoms with E-state index in [1.165, 1.54) is 11.8 Å². The van der Waals surface area contributed by atoms with Crippen molar-refractivity contribution >= 4 is 29.5 Å². The predicted molar refractivity (Wildman–Crippen MR) is 75.8 cm³/mol. The number of amides is 2. The minimum atomic E-state index is -1.13. The molecule has 0 saturated carbocycles. The van der Waals surface area contributed by atoms with Crippen molar-refractivity contribution in [2.75, 3.05) is 18.8 Å². The van der Waals surface area contributed by atoms with Crippen molar-refractivity contribution in [1.82, 2.24) is 15.8 Å². The summed E-state index contributed by atoms with van der Waals surface area (Å²) in [7, 11) is 0. The molecule has 0 radical (unpaired) electrons. The highest BCUT2D eigenvalue weighted by Gasteiger charge is 2.11. The lowest BCUT2D eigenvalue weighted by Crippen LogP contribution is -2.39. The zero-order valence-electron chi connectivity index (χ0n) is 11.8. The Kier molecular flexibility index (Phi) is 6.73. The van der Waals surface area contributed by atoms with Crippen LogP contribution in [0.25, 0.3) is 0 Å². The van der Waals surface area contributed by atoms with Crippen LogP contribution in [0.5, 0.6) is 0 Å². The number of aliphatic carboxylic acids is 1. The monoisotopic (exact) mass is 315 g/mol. The number of nitrogens with one attached hydrogen (secondary N) is 2. The minimum Gasteiger partial charge on any atom is -0.480 e. The second-order valence-corrected chi connectivity index (χ2v) is 5.23. The van der Waals surface area contributed by atoms with Gasteiger partial charge in [-0.25, -0.2) is 0 Å². The Bertz CT molecular complexity index is 509. The van der Waals surface area contributed by atoms with Gasteiger partial charge in [-0.05, 0) is 13.8 Å². The third-order valence-electron chi connectivity index (χ3n) is 2.54. The van der Waals surface area contributed by atoms with E-state index in [1.54, 1.807) is 0 Å². The molecule has 0 aliphatic carbocycles. The molecule has 0 atom stereocenters. The Hall–Kier alpha value is -2.03. The lowest BCUT2D eigenvalue weighted by atomic mass is 10.2. The number of hydrogen-bond donors (Lipinski definition) is 3. The number of aromatic nitrogens is 1. The largest absolute Gasteiger partial charge is 0.480 e. The second-order valence-electron chi connectivity index (χ2n) is 4.24. The topological polar surface area (TPSA) is 122 Å². The van der Waals surface area contributed by atoms with Gasteiger partial charge in [0.05, 0.1) is 18.0 Å². The number of carbonyl (C=O) groups is 3. The summed E-state index contributed by atoms with van der Waals surface area (Å²) in [6, 6.07) is 0. The molecule has 1 heterocycles. The first-order chi connectivity index (χ1) is 9.90. The molecule has 0 aliphatic rings. The van der Waals surface area contributed by atoms with Gasteiger partial charge in [0.15, 0.2) is 0 Å². The summed E-state index contributed by atoms with van der Waals surface area (Å²) in [5.74, 6) is -0.451. The van der Waals surface area contributed by atoms with E-state index in [9.17, 15) is 14.4 Å². The average Bonchev–Trinajstić information content (AvgIpc) is 2.74. The first-order valence-corrected chi connectivity index (χ1v) is 7.30. The molecule has 0 fully saturated rings. The maximum absolute atomic E-state index is 11.5. The summed E-state index contributed by atoms with van der Waals surface area (Å²) in [6.07, 6.45) is 0. The van der Waals surface area contributed by atoms with Crippen LogP contribution in [0.1, 0.15) is 17.0 Å². The molecule has 3 N–H and O–H groups in total. The highest BCUT2D eigenvalue weighted by atomic mass is 32.2. The molecule has 0 spiro atoms. The number of hydrogen-bond acceptors (Lipinski definition) is 6. The molecule has 116 valence electrons. The molecule has 0 unspecified atom stereocenters. The number of carboxylic acid groups (broad SMARTS) is 1. The van der Waals surface area contributed by atoms with Crippen molar-refractivity contribution in [3.63, 3.8) is 0 Å². The molecule has 1 aromatic rings. The normalized spacial score (nSPS) is 10.2. The predicted octanol–water partition coefficient (Wildman–Crippen LogP) is -0.158. The lowest BCUT2D eigenvalue weighted by molar-refractivity contribution is -0.137. The number of rotatable bonds is 8. The van der Waals surface area contributed by atoms with Crippen LogP contribution in [0.4, 0.5) is 0 Å². The Morgan fingerprint density at radius 3 is 2.43 bits per heavy atom. The SMILES string of the molecule is Cc1noc(C)c1CSCC(=O)NCC(=O)NCC(=O)O. The summed E-state index contributed by atoms with van der Waals surface area (Å²) in [6.45, 7) is 2.94. The van der Waals surface area contributed by atoms with E-state index in [0.29, 0.717) is 5.75 Å². The van der Waals surface area contributed by atoms with Gasteiger partial charge in [0.25, 0.3) is 0 Å². The summed E-state index contributed by atoms with van der Waals surface area (Å²) in [5, 5.41) is 16.8. The number of carbonyl (C=O) groups excluding carboxylic acids is 2. The Balaban J connectivity index is 2.20. The lowest BCUT2D eigenvalue weighted by Gasteiger charge is -2.05. The molecule has 9 heteroatoms. The fourth-order valence-corrected chi connectivity index (χ4v) is 2.43. The van der Waals surface area contributed by atoms with E-state index in [1.807, 2.05) is 13.8 Å². The Morgan fingerprint density at radius 1 is 1.19 bits per heavy atom. The molecule has 1 rings (SSSR count). The van der Waals surface area contributed by atoms with Gasteiger partial charge in [-0.2, -0.15) is 0 Å². The smallest absolute Gasteiger partial charge is 0.322 e. The zero-order valence-corrected chi connectivity index (χ0v) is 12.6. The molecule has 0 aliphatic heterocycles. The molecular formula is C12H17N3O5S. The van der Waals surface area contributed by atoms with E-state index in [2.05, 4.69) is 15.8 Å². The van der Waals surface area contributed by atoms with E-state index < -0.39 is 18.4 Å². The van der Waals surface area contributed by atoms with Gasteiger partial charge < -0.3 is 20.3 Å². The third kappa shape index (κ3) is 6.30. The molecule has 21 heavy (non-hydrogen) atoms. The summed E-state index contributed by atoms with van der Waals surface area (Å²) < 4.78 is 5.01. The van der Waals surface area contributed by atoms with Crippen molar-refractivity contribution in [3.8, 4) is 0 Å². The molecule has 0 bridgehead atoms. The molecule has 1 aromatic heterocycles. The average molecular weight is 315 g/mol. The molecular weight excluding hydrogens is 298 g/mol.